The highest BCUT2D eigenvalue weighted by atomic mass is 19.3. The van der Waals surface area contributed by atoms with Crippen LogP contribution in [0, 0.1) is 22.0 Å². The third kappa shape index (κ3) is 14.3. The Balaban J connectivity index is 1.61. The first-order chi connectivity index (χ1) is 20.1. The van der Waals surface area contributed by atoms with Crippen molar-refractivity contribution < 1.29 is 52.7 Å². The van der Waals surface area contributed by atoms with Crippen molar-refractivity contribution >= 4 is 11.9 Å². The van der Waals surface area contributed by atoms with E-state index < -0.39 is 53.5 Å². The Labute approximate surface area is 242 Å². The third-order valence-electron chi connectivity index (χ3n) is 6.32. The minimum absolute atomic E-state index is 0.0287. The van der Waals surface area contributed by atoms with E-state index in [-0.39, 0.29) is 45.8 Å². The summed E-state index contributed by atoms with van der Waals surface area (Å²) in [4.78, 5) is 37.4. The maximum Gasteiger partial charge on any atom is 0.305 e. The van der Waals surface area contributed by atoms with Gasteiger partial charge < -0.3 is 34.6 Å². The number of halogens is 2. The highest BCUT2D eigenvalue weighted by molar-refractivity contribution is 5.77. The average Bonchev–Trinajstić information content (AvgIpc) is 3.22. The molecular weight excluding hydrogens is 562 g/mol. The molecule has 1 saturated carbocycles. The highest BCUT2D eigenvalue weighted by Gasteiger charge is 2.40. The molecule has 14 heteroatoms. The zero-order valence-corrected chi connectivity index (χ0v) is 23.1. The van der Waals surface area contributed by atoms with Gasteiger partial charge in [0.25, 0.3) is 11.0 Å². The van der Waals surface area contributed by atoms with Crippen molar-refractivity contribution in [3.63, 3.8) is 0 Å². The van der Waals surface area contributed by atoms with Gasteiger partial charge >= 0.3 is 5.97 Å². The molecule has 1 fully saturated rings. The number of alkyl halides is 2. The number of carbonyl (C=O) groups excluding carboxylic acids is 2. The smallest absolute Gasteiger partial charge is 0.305 e. The Bertz CT molecular complexity index is 1030. The van der Waals surface area contributed by atoms with Gasteiger partial charge in [-0.15, -0.1) is 10.1 Å². The van der Waals surface area contributed by atoms with Gasteiger partial charge in [-0.2, -0.15) is 8.78 Å². The lowest BCUT2D eigenvalue weighted by Crippen LogP contribution is -2.31. The molecule has 12 nitrogen and oxygen atoms in total. The molecule has 0 aliphatic heterocycles. The predicted molar refractivity (Wildman–Crippen MR) is 145 cm³/mol. The molecule has 1 aliphatic rings. The second kappa shape index (κ2) is 18.7. The molecule has 1 aromatic rings. The minimum atomic E-state index is -3.25. The fourth-order valence-electron chi connectivity index (χ4n) is 4.25. The summed E-state index contributed by atoms with van der Waals surface area (Å²) >= 11 is 0. The Morgan fingerprint density at radius 1 is 1.12 bits per heavy atom. The highest BCUT2D eigenvalue weighted by Crippen LogP contribution is 2.37. The van der Waals surface area contributed by atoms with Crippen LogP contribution in [0.1, 0.15) is 32.1 Å². The van der Waals surface area contributed by atoms with E-state index in [0.29, 0.717) is 25.0 Å². The second-order valence-corrected chi connectivity index (χ2v) is 9.61. The van der Waals surface area contributed by atoms with Gasteiger partial charge in [0.2, 0.25) is 5.91 Å². The van der Waals surface area contributed by atoms with Crippen molar-refractivity contribution in [1.29, 1.82) is 0 Å². The molecule has 4 atom stereocenters. The quantitative estimate of drug-likeness (QED) is 0.0666. The fraction of sp³-hybridized carbons (Fsp3) is 0.571. The van der Waals surface area contributed by atoms with Gasteiger partial charge in [-0.1, -0.05) is 36.4 Å². The van der Waals surface area contributed by atoms with Gasteiger partial charge in [0.05, 0.1) is 25.4 Å². The standard InChI is InChI=1S/C28H38F2N2O10/c29-28(30,20-41-21-8-4-3-5-9-21)13-12-23-22(24(33)18-25(23)34)10-6-1-2-7-11-27(36)40-15-14-31-26(35)19-39-16-17-42-32(37)38/h1,3-6,8-9,12-13,22-25,33-34H,2,7,10-11,14-20H2,(H,31,35)/t22-,23-,24+,25-/m1/s1. The van der Waals surface area contributed by atoms with Crippen LogP contribution in [-0.4, -0.2) is 84.9 Å². The number of hydrogen-bond acceptors (Lipinski definition) is 10. The van der Waals surface area contributed by atoms with Gasteiger partial charge in [-0.25, -0.2) is 0 Å². The number of ether oxygens (including phenoxy) is 3. The molecule has 0 saturated heterocycles. The number of hydrogen-bond donors (Lipinski definition) is 3. The molecule has 0 radical (unpaired) electrons. The van der Waals surface area contributed by atoms with Gasteiger partial charge in [-0.05, 0) is 43.4 Å². The van der Waals surface area contributed by atoms with Crippen LogP contribution in [-0.2, 0) is 23.9 Å². The summed E-state index contributed by atoms with van der Waals surface area (Å²) in [6, 6.07) is 8.27. The molecule has 1 amide bonds. The van der Waals surface area contributed by atoms with Crippen molar-refractivity contribution in [2.75, 3.05) is 39.6 Å². The largest absolute Gasteiger partial charge is 0.487 e. The topological polar surface area (TPSA) is 167 Å². The van der Waals surface area contributed by atoms with Crippen LogP contribution in [0.3, 0.4) is 0 Å². The Morgan fingerprint density at radius 2 is 1.88 bits per heavy atom. The van der Waals surface area contributed by atoms with E-state index in [2.05, 4.69) is 10.2 Å². The molecule has 2 rings (SSSR count). The van der Waals surface area contributed by atoms with Crippen LogP contribution in [0.4, 0.5) is 8.78 Å². The van der Waals surface area contributed by atoms with Crippen LogP contribution in [0.5, 0.6) is 5.75 Å². The van der Waals surface area contributed by atoms with E-state index >= 15 is 0 Å². The molecule has 0 unspecified atom stereocenters. The van der Waals surface area contributed by atoms with E-state index in [4.69, 9.17) is 14.2 Å². The molecule has 234 valence electrons. The molecule has 3 N–H and O–H groups in total. The summed E-state index contributed by atoms with van der Waals surface area (Å²) < 4.78 is 43.7. The Kier molecular flexibility index (Phi) is 15.4. The molecule has 0 bridgehead atoms. The summed E-state index contributed by atoms with van der Waals surface area (Å²) in [6.07, 6.45) is 5.48. The number of amides is 1. The number of benzene rings is 1. The van der Waals surface area contributed by atoms with Crippen molar-refractivity contribution in [3.05, 3.63) is 64.8 Å². The number of allylic oxidation sites excluding steroid dienone is 2. The van der Waals surface area contributed by atoms with E-state index in [1.807, 2.05) is 6.08 Å². The van der Waals surface area contributed by atoms with Crippen LogP contribution < -0.4 is 10.1 Å². The number of unbranched alkanes of at least 4 members (excludes halogenated alkanes) is 1. The Morgan fingerprint density at radius 3 is 2.62 bits per heavy atom. The van der Waals surface area contributed by atoms with Crippen LogP contribution in [0.2, 0.25) is 0 Å². The van der Waals surface area contributed by atoms with Gasteiger partial charge in [0.1, 0.15) is 25.6 Å². The Hall–Kier alpha value is -3.62. The number of nitrogens with zero attached hydrogens (tertiary/aromatic N) is 1. The first-order valence-electron chi connectivity index (χ1n) is 13.6. The molecular formula is C28H38F2N2O10. The lowest BCUT2D eigenvalue weighted by Gasteiger charge is -2.20. The molecule has 0 heterocycles. The van der Waals surface area contributed by atoms with E-state index in [1.54, 1.807) is 36.4 Å². The maximum absolute atomic E-state index is 14.3. The second-order valence-electron chi connectivity index (χ2n) is 9.61. The van der Waals surface area contributed by atoms with Crippen LogP contribution >= 0.6 is 0 Å². The minimum Gasteiger partial charge on any atom is -0.487 e. The van der Waals surface area contributed by atoms with E-state index in [0.717, 1.165) is 6.08 Å². The number of carbonyl (C=O) groups is 2. The maximum atomic E-state index is 14.3. The summed E-state index contributed by atoms with van der Waals surface area (Å²) in [5.41, 5.74) is 0. The van der Waals surface area contributed by atoms with E-state index in [1.165, 1.54) is 6.08 Å². The van der Waals surface area contributed by atoms with Gasteiger partial charge in [-0.3, -0.25) is 9.59 Å². The lowest BCUT2D eigenvalue weighted by molar-refractivity contribution is -0.758. The third-order valence-corrected chi connectivity index (χ3v) is 6.32. The SMILES string of the molecule is O=C(COCCO[N+](=O)[O-])NCCOC(=O)CCCC=CC[C@@H]1[C@@H](C=CC(F)(F)COc2ccccc2)[C@H](O)C[C@@H]1O. The van der Waals surface area contributed by atoms with Gasteiger partial charge in [0, 0.05) is 18.8 Å². The van der Waals surface area contributed by atoms with Crippen molar-refractivity contribution in [1.82, 2.24) is 5.32 Å². The van der Waals surface area contributed by atoms with Crippen LogP contribution in [0.25, 0.3) is 0 Å². The monoisotopic (exact) mass is 600 g/mol. The van der Waals surface area contributed by atoms with Crippen molar-refractivity contribution in [3.8, 4) is 5.75 Å². The molecule has 0 aromatic heterocycles. The van der Waals surface area contributed by atoms with Crippen LogP contribution in [0.15, 0.2) is 54.6 Å². The summed E-state index contributed by atoms with van der Waals surface area (Å²) in [6.45, 7) is -1.52. The zero-order chi connectivity index (χ0) is 30.8. The molecule has 1 aliphatic carbocycles. The number of para-hydroxylation sites is 1. The first-order valence-corrected chi connectivity index (χ1v) is 13.6. The normalized spacial score (nSPS) is 20.6. The van der Waals surface area contributed by atoms with Crippen molar-refractivity contribution in [2.45, 2.75) is 50.2 Å². The van der Waals surface area contributed by atoms with Crippen molar-refractivity contribution in [2.24, 2.45) is 11.8 Å². The number of aliphatic hydroxyl groups excluding tert-OH is 2. The van der Waals surface area contributed by atoms with Gasteiger partial charge in [0.15, 0.2) is 6.61 Å². The molecule has 1 aromatic carbocycles. The molecule has 42 heavy (non-hydrogen) atoms. The summed E-state index contributed by atoms with van der Waals surface area (Å²) in [7, 11) is 0. The number of aliphatic hydroxyl groups is 2. The molecule has 0 spiro atoms. The van der Waals surface area contributed by atoms with E-state index in [9.17, 15) is 38.7 Å². The lowest BCUT2D eigenvalue weighted by atomic mass is 9.89. The number of esters is 1. The number of nitrogens with one attached hydrogen (secondary N) is 1. The average molecular weight is 601 g/mol. The fourth-order valence-corrected chi connectivity index (χ4v) is 4.25. The summed E-state index contributed by atoms with van der Waals surface area (Å²) in [5, 5.41) is 32.1. The summed E-state index contributed by atoms with van der Waals surface area (Å²) in [5.74, 6) is -4.92. The predicted octanol–water partition coefficient (Wildman–Crippen LogP) is 2.62. The zero-order valence-electron chi connectivity index (χ0n) is 23.1. The number of rotatable bonds is 20. The first kappa shape index (κ1) is 34.6.